The number of anilines is 1. The van der Waals surface area contributed by atoms with Crippen LogP contribution in [0.1, 0.15) is 10.4 Å². The molecule has 1 fully saturated rings. The van der Waals surface area contributed by atoms with Crippen LogP contribution in [-0.4, -0.2) is 55.0 Å². The summed E-state index contributed by atoms with van der Waals surface area (Å²) in [7, 11) is -3.80. The van der Waals surface area contributed by atoms with Gasteiger partial charge in [-0.1, -0.05) is 18.2 Å². The molecular formula is C20H19N3O5S. The van der Waals surface area contributed by atoms with E-state index in [-0.39, 0.29) is 10.3 Å². The highest BCUT2D eigenvalue weighted by Crippen LogP contribution is 2.23. The zero-order chi connectivity index (χ0) is 20.6. The highest BCUT2D eigenvalue weighted by Gasteiger charge is 2.29. The number of para-hydroxylation sites is 1. The average Bonchev–Trinajstić information content (AvgIpc) is 2.74. The highest BCUT2D eigenvalue weighted by atomic mass is 32.2. The minimum atomic E-state index is -3.80. The number of rotatable bonds is 4. The van der Waals surface area contributed by atoms with Gasteiger partial charge in [0, 0.05) is 49.0 Å². The maximum Gasteiger partial charge on any atom is 0.341 e. The lowest BCUT2D eigenvalue weighted by atomic mass is 10.1. The van der Waals surface area contributed by atoms with Crippen LogP contribution in [0.2, 0.25) is 0 Å². The van der Waals surface area contributed by atoms with Gasteiger partial charge in [-0.2, -0.15) is 4.31 Å². The third-order valence-corrected chi connectivity index (χ3v) is 6.98. The predicted molar refractivity (Wildman–Crippen MR) is 109 cm³/mol. The zero-order valence-corrected chi connectivity index (χ0v) is 16.2. The molecule has 9 heteroatoms. The van der Waals surface area contributed by atoms with Crippen LogP contribution in [0, 0.1) is 0 Å². The van der Waals surface area contributed by atoms with Gasteiger partial charge in [-0.3, -0.25) is 4.79 Å². The molecule has 0 unspecified atom stereocenters. The van der Waals surface area contributed by atoms with Crippen LogP contribution >= 0.6 is 0 Å². The molecule has 1 aliphatic rings. The van der Waals surface area contributed by atoms with Crippen molar-refractivity contribution in [1.29, 1.82) is 0 Å². The molecule has 0 atom stereocenters. The number of nitrogens with zero attached hydrogens (tertiary/aromatic N) is 2. The SMILES string of the molecule is O=C(O)c1c[nH]c2ccc(S(=O)(=O)N3CCN(c4ccccc4)CC3)cc2c1=O. The molecule has 0 saturated carbocycles. The standard InChI is InChI=1S/C20H19N3O5S/c24-19-16-12-15(6-7-18(16)21-13-17(19)20(25)26)29(27,28)23-10-8-22(9-11-23)14-4-2-1-3-5-14/h1-7,12-13H,8-11H2,(H,21,24)(H,25,26). The monoisotopic (exact) mass is 413 g/mol. The van der Waals surface area contributed by atoms with Crippen molar-refractivity contribution in [2.45, 2.75) is 4.90 Å². The van der Waals surface area contributed by atoms with Crippen LogP contribution < -0.4 is 10.3 Å². The van der Waals surface area contributed by atoms with E-state index in [9.17, 15) is 18.0 Å². The molecule has 4 rings (SSSR count). The van der Waals surface area contributed by atoms with Crippen molar-refractivity contribution in [3.8, 4) is 0 Å². The Balaban J connectivity index is 1.62. The van der Waals surface area contributed by atoms with E-state index in [0.29, 0.717) is 31.7 Å². The molecule has 0 bridgehead atoms. The maximum absolute atomic E-state index is 13.1. The van der Waals surface area contributed by atoms with Gasteiger partial charge in [-0.25, -0.2) is 13.2 Å². The Hall–Kier alpha value is -3.17. The summed E-state index contributed by atoms with van der Waals surface area (Å²) in [4.78, 5) is 28.4. The summed E-state index contributed by atoms with van der Waals surface area (Å²) in [5.74, 6) is -1.36. The Morgan fingerprint density at radius 3 is 2.34 bits per heavy atom. The molecule has 2 aromatic carbocycles. The number of benzene rings is 2. The summed E-state index contributed by atoms with van der Waals surface area (Å²) >= 11 is 0. The van der Waals surface area contributed by atoms with E-state index in [1.807, 2.05) is 30.3 Å². The summed E-state index contributed by atoms with van der Waals surface area (Å²) in [5, 5.41) is 9.16. The fraction of sp³-hybridized carbons (Fsp3) is 0.200. The number of aromatic nitrogens is 1. The molecule has 0 amide bonds. The number of carboxylic acids is 1. The third kappa shape index (κ3) is 3.50. The van der Waals surface area contributed by atoms with Crippen LogP contribution in [0.3, 0.4) is 0 Å². The number of fused-ring (bicyclic) bond motifs is 1. The largest absolute Gasteiger partial charge is 0.477 e. The van der Waals surface area contributed by atoms with Crippen LogP contribution in [0.15, 0.2) is 64.4 Å². The topological polar surface area (TPSA) is 111 Å². The fourth-order valence-electron chi connectivity index (χ4n) is 3.49. The number of aromatic carboxylic acids is 1. The molecule has 1 saturated heterocycles. The van der Waals surface area contributed by atoms with E-state index in [1.54, 1.807) is 0 Å². The first kappa shape index (κ1) is 19.2. The predicted octanol–water partition coefficient (Wildman–Crippen LogP) is 1.74. The quantitative estimate of drug-likeness (QED) is 0.674. The molecule has 8 nitrogen and oxygen atoms in total. The number of carboxylic acid groups (broad SMARTS) is 1. The maximum atomic E-state index is 13.1. The summed E-state index contributed by atoms with van der Waals surface area (Å²) in [6.45, 7) is 1.75. The normalized spacial score (nSPS) is 15.5. The Morgan fingerprint density at radius 1 is 1.00 bits per heavy atom. The molecule has 0 spiro atoms. The number of carbonyl (C=O) groups is 1. The zero-order valence-electron chi connectivity index (χ0n) is 15.4. The van der Waals surface area contributed by atoms with Crippen LogP contribution in [0.4, 0.5) is 5.69 Å². The second-order valence-electron chi connectivity index (χ2n) is 6.77. The molecule has 0 aliphatic carbocycles. The summed E-state index contributed by atoms with van der Waals surface area (Å²) in [6.07, 6.45) is 1.12. The minimum absolute atomic E-state index is 0.0220. The number of aromatic amines is 1. The number of pyridine rings is 1. The van der Waals surface area contributed by atoms with Gasteiger partial charge in [0.05, 0.1) is 4.90 Å². The molecule has 0 radical (unpaired) electrons. The Bertz CT molecular complexity index is 1230. The first-order valence-corrected chi connectivity index (χ1v) is 10.5. The Kier molecular flexibility index (Phi) is 4.85. The van der Waals surface area contributed by atoms with Gasteiger partial charge < -0.3 is 15.0 Å². The van der Waals surface area contributed by atoms with Crippen LogP contribution in [0.5, 0.6) is 0 Å². The number of sulfonamides is 1. The summed E-state index contributed by atoms with van der Waals surface area (Å²) in [6, 6.07) is 13.9. The molecule has 29 heavy (non-hydrogen) atoms. The second-order valence-corrected chi connectivity index (χ2v) is 8.71. The van der Waals surface area contributed by atoms with E-state index in [0.717, 1.165) is 11.9 Å². The fourth-order valence-corrected chi connectivity index (χ4v) is 4.94. The van der Waals surface area contributed by atoms with Crippen molar-refractivity contribution in [2.24, 2.45) is 0 Å². The van der Waals surface area contributed by atoms with E-state index in [4.69, 9.17) is 5.11 Å². The second kappa shape index (κ2) is 7.34. The van der Waals surface area contributed by atoms with Crippen molar-refractivity contribution in [3.63, 3.8) is 0 Å². The molecular weight excluding hydrogens is 394 g/mol. The van der Waals surface area contributed by atoms with E-state index >= 15 is 0 Å². The molecule has 2 heterocycles. The molecule has 1 aliphatic heterocycles. The highest BCUT2D eigenvalue weighted by molar-refractivity contribution is 7.89. The number of piperazine rings is 1. The lowest BCUT2D eigenvalue weighted by Gasteiger charge is -2.35. The molecule has 2 N–H and O–H groups in total. The number of nitrogens with one attached hydrogen (secondary N) is 1. The lowest BCUT2D eigenvalue weighted by molar-refractivity contribution is 0.0695. The van der Waals surface area contributed by atoms with Crippen LogP contribution in [0.25, 0.3) is 10.9 Å². The van der Waals surface area contributed by atoms with E-state index in [2.05, 4.69) is 9.88 Å². The first-order chi connectivity index (χ1) is 13.9. The van der Waals surface area contributed by atoms with Gasteiger partial charge in [-0.15, -0.1) is 0 Å². The summed E-state index contributed by atoms with van der Waals surface area (Å²) in [5.41, 5.74) is 0.288. The van der Waals surface area contributed by atoms with Crippen molar-refractivity contribution in [1.82, 2.24) is 9.29 Å². The van der Waals surface area contributed by atoms with Crippen molar-refractivity contribution in [3.05, 3.63) is 70.5 Å². The van der Waals surface area contributed by atoms with Crippen molar-refractivity contribution < 1.29 is 18.3 Å². The van der Waals surface area contributed by atoms with Crippen LogP contribution in [-0.2, 0) is 10.0 Å². The van der Waals surface area contributed by atoms with Gasteiger partial charge in [-0.05, 0) is 30.3 Å². The van der Waals surface area contributed by atoms with E-state index < -0.39 is 27.0 Å². The molecule has 1 aromatic heterocycles. The first-order valence-electron chi connectivity index (χ1n) is 9.07. The number of H-pyrrole nitrogens is 1. The Morgan fingerprint density at radius 2 is 1.69 bits per heavy atom. The third-order valence-electron chi connectivity index (χ3n) is 5.08. The van der Waals surface area contributed by atoms with Gasteiger partial charge in [0.1, 0.15) is 5.56 Å². The van der Waals surface area contributed by atoms with Gasteiger partial charge >= 0.3 is 5.97 Å². The smallest absolute Gasteiger partial charge is 0.341 e. The lowest BCUT2D eigenvalue weighted by Crippen LogP contribution is -2.48. The van der Waals surface area contributed by atoms with Gasteiger partial charge in [0.15, 0.2) is 0 Å². The average molecular weight is 413 g/mol. The van der Waals surface area contributed by atoms with E-state index in [1.165, 1.54) is 22.5 Å². The Labute approximate surface area is 167 Å². The van der Waals surface area contributed by atoms with Crippen molar-refractivity contribution in [2.75, 3.05) is 31.1 Å². The van der Waals surface area contributed by atoms with Crippen molar-refractivity contribution >= 4 is 32.6 Å². The summed E-state index contributed by atoms with van der Waals surface area (Å²) < 4.78 is 27.6. The van der Waals surface area contributed by atoms with Gasteiger partial charge in [0.25, 0.3) is 0 Å². The number of hydrogen-bond donors (Lipinski definition) is 2. The molecule has 3 aromatic rings. The molecule has 150 valence electrons. The minimum Gasteiger partial charge on any atom is -0.477 e. The number of hydrogen-bond acceptors (Lipinski definition) is 5. The van der Waals surface area contributed by atoms with Gasteiger partial charge in [0.2, 0.25) is 15.5 Å².